The summed E-state index contributed by atoms with van der Waals surface area (Å²) in [7, 11) is -1.76. The molecule has 0 aliphatic carbocycles. The van der Waals surface area contributed by atoms with Gasteiger partial charge in [-0.15, -0.1) is 0 Å². The van der Waals surface area contributed by atoms with Gasteiger partial charge in [-0.25, -0.2) is 13.1 Å². The summed E-state index contributed by atoms with van der Waals surface area (Å²) >= 11 is 0. The highest BCUT2D eigenvalue weighted by Crippen LogP contribution is 2.20. The van der Waals surface area contributed by atoms with Crippen LogP contribution >= 0.6 is 0 Å². The summed E-state index contributed by atoms with van der Waals surface area (Å²) < 4.78 is 32.2. The number of hydrogen-bond acceptors (Lipinski definition) is 4. The van der Waals surface area contributed by atoms with E-state index in [0.29, 0.717) is 13.0 Å². The summed E-state index contributed by atoms with van der Waals surface area (Å²) in [6, 6.07) is 15.5. The van der Waals surface area contributed by atoms with Crippen LogP contribution in [0.1, 0.15) is 24.0 Å². The Morgan fingerprint density at radius 3 is 2.19 bits per heavy atom. The molecule has 0 amide bonds. The van der Waals surface area contributed by atoms with Crippen molar-refractivity contribution in [3.8, 4) is 5.75 Å². The maximum absolute atomic E-state index is 12.2. The number of methoxy groups -OCH3 is 1. The molecule has 0 saturated carbocycles. The van der Waals surface area contributed by atoms with Crippen LogP contribution in [-0.4, -0.2) is 35.2 Å². The van der Waals surface area contributed by atoms with E-state index < -0.39 is 10.0 Å². The van der Waals surface area contributed by atoms with Crippen LogP contribution in [0.2, 0.25) is 0 Å². The third-order valence-electron chi connectivity index (χ3n) is 4.66. The van der Waals surface area contributed by atoms with Crippen LogP contribution in [0.15, 0.2) is 48.5 Å². The van der Waals surface area contributed by atoms with Gasteiger partial charge < -0.3 is 9.64 Å². The minimum Gasteiger partial charge on any atom is -0.497 e. The molecule has 26 heavy (non-hydrogen) atoms. The van der Waals surface area contributed by atoms with Crippen molar-refractivity contribution in [1.82, 2.24) is 4.72 Å². The smallest absolute Gasteiger partial charge is 0.215 e. The molecule has 0 radical (unpaired) electrons. The van der Waals surface area contributed by atoms with Crippen molar-refractivity contribution < 1.29 is 13.2 Å². The second-order valence-electron chi connectivity index (χ2n) is 6.61. The quantitative estimate of drug-likeness (QED) is 0.772. The number of benzene rings is 2. The third-order valence-corrected chi connectivity index (χ3v) is 6.02. The lowest BCUT2D eigenvalue weighted by Gasteiger charge is -2.17. The van der Waals surface area contributed by atoms with Crippen molar-refractivity contribution >= 4 is 15.7 Å². The average molecular weight is 375 g/mol. The Kier molecular flexibility index (Phi) is 6.16. The molecule has 2 aromatic carbocycles. The van der Waals surface area contributed by atoms with Crippen LogP contribution < -0.4 is 14.4 Å². The summed E-state index contributed by atoms with van der Waals surface area (Å²) in [4.78, 5) is 2.39. The van der Waals surface area contributed by atoms with Crippen LogP contribution in [0.3, 0.4) is 0 Å². The number of anilines is 1. The van der Waals surface area contributed by atoms with Gasteiger partial charge in [0.1, 0.15) is 5.75 Å². The van der Waals surface area contributed by atoms with Gasteiger partial charge in [-0.2, -0.15) is 0 Å². The van der Waals surface area contributed by atoms with E-state index in [9.17, 15) is 8.42 Å². The van der Waals surface area contributed by atoms with Crippen LogP contribution in [-0.2, 0) is 22.2 Å². The molecule has 140 valence electrons. The molecule has 0 spiro atoms. The number of ether oxygens (including phenoxy) is 1. The Bertz CT molecular complexity index is 796. The Balaban J connectivity index is 1.48. The minimum atomic E-state index is -3.34. The van der Waals surface area contributed by atoms with Crippen molar-refractivity contribution in [3.05, 3.63) is 59.7 Å². The minimum absolute atomic E-state index is 0.0229. The molecule has 1 aliphatic heterocycles. The van der Waals surface area contributed by atoms with Crippen molar-refractivity contribution in [3.63, 3.8) is 0 Å². The lowest BCUT2D eigenvalue weighted by molar-refractivity contribution is 0.414. The highest BCUT2D eigenvalue weighted by molar-refractivity contribution is 7.88. The number of hydrogen-bond donors (Lipinski definition) is 1. The largest absolute Gasteiger partial charge is 0.497 e. The van der Waals surface area contributed by atoms with Crippen LogP contribution in [0.25, 0.3) is 0 Å². The van der Waals surface area contributed by atoms with Crippen molar-refractivity contribution in [2.45, 2.75) is 25.0 Å². The molecule has 0 aromatic heterocycles. The van der Waals surface area contributed by atoms with Crippen molar-refractivity contribution in [1.29, 1.82) is 0 Å². The fourth-order valence-corrected chi connectivity index (χ4v) is 4.34. The Morgan fingerprint density at radius 1 is 0.962 bits per heavy atom. The summed E-state index contributed by atoms with van der Waals surface area (Å²) in [5.74, 6) is 0.696. The highest BCUT2D eigenvalue weighted by Gasteiger charge is 2.13. The van der Waals surface area contributed by atoms with Gasteiger partial charge in [0.25, 0.3) is 0 Å². The van der Waals surface area contributed by atoms with E-state index in [1.807, 2.05) is 0 Å². The molecule has 0 unspecified atom stereocenters. The predicted octanol–water partition coefficient (Wildman–Crippen LogP) is 2.96. The molecule has 1 N–H and O–H groups in total. The Hall–Kier alpha value is -2.05. The van der Waals surface area contributed by atoms with E-state index in [1.165, 1.54) is 18.5 Å². The number of sulfonamides is 1. The number of nitrogens with one attached hydrogen (secondary N) is 1. The fraction of sp³-hybridized carbons (Fsp3) is 0.400. The molecule has 1 heterocycles. The molecule has 1 aliphatic rings. The number of rotatable bonds is 8. The van der Waals surface area contributed by atoms with E-state index in [2.05, 4.69) is 33.9 Å². The SMILES string of the molecule is COc1ccc(CS(=O)(=O)NCCc2ccc(N3CCCC3)cc2)cc1. The average Bonchev–Trinajstić information content (AvgIpc) is 3.17. The van der Waals surface area contributed by atoms with Crippen LogP contribution in [0.5, 0.6) is 5.75 Å². The van der Waals surface area contributed by atoms with Crippen LogP contribution in [0, 0.1) is 0 Å². The monoisotopic (exact) mass is 374 g/mol. The molecule has 3 rings (SSSR count). The topological polar surface area (TPSA) is 58.6 Å². The lowest BCUT2D eigenvalue weighted by atomic mass is 10.1. The fourth-order valence-electron chi connectivity index (χ4n) is 3.19. The molecule has 2 aromatic rings. The first-order valence-corrected chi connectivity index (χ1v) is 10.7. The molecule has 1 fully saturated rings. The Labute approximate surface area is 156 Å². The normalized spacial score (nSPS) is 14.6. The van der Waals surface area contributed by atoms with Crippen molar-refractivity contribution in [2.24, 2.45) is 0 Å². The molecule has 1 saturated heterocycles. The second-order valence-corrected chi connectivity index (χ2v) is 8.42. The third kappa shape index (κ3) is 5.22. The van der Waals surface area contributed by atoms with Gasteiger partial charge in [-0.3, -0.25) is 0 Å². The molecule has 0 bridgehead atoms. The van der Waals surface area contributed by atoms with Crippen molar-refractivity contribution in [2.75, 3.05) is 31.6 Å². The lowest BCUT2D eigenvalue weighted by Crippen LogP contribution is -2.27. The highest BCUT2D eigenvalue weighted by atomic mass is 32.2. The molecule has 0 atom stereocenters. The van der Waals surface area contributed by atoms with Gasteiger partial charge in [0.05, 0.1) is 12.9 Å². The predicted molar refractivity (Wildman–Crippen MR) is 105 cm³/mol. The van der Waals surface area contributed by atoms with E-state index in [1.54, 1.807) is 31.4 Å². The molecule has 6 heteroatoms. The molecular weight excluding hydrogens is 348 g/mol. The maximum Gasteiger partial charge on any atom is 0.215 e. The van der Waals surface area contributed by atoms with Gasteiger partial charge in [0, 0.05) is 25.3 Å². The van der Waals surface area contributed by atoms with Gasteiger partial charge in [0.15, 0.2) is 0 Å². The summed E-state index contributed by atoms with van der Waals surface area (Å²) in [6.45, 7) is 2.66. The first kappa shape index (κ1) is 18.7. The molecular formula is C20H26N2O3S. The zero-order valence-electron chi connectivity index (χ0n) is 15.1. The van der Waals surface area contributed by atoms with E-state index >= 15 is 0 Å². The van der Waals surface area contributed by atoms with E-state index in [4.69, 9.17) is 4.74 Å². The van der Waals surface area contributed by atoms with Gasteiger partial charge >= 0.3 is 0 Å². The first-order valence-electron chi connectivity index (χ1n) is 9.00. The maximum atomic E-state index is 12.2. The van der Waals surface area contributed by atoms with Gasteiger partial charge in [-0.05, 0) is 54.7 Å². The van der Waals surface area contributed by atoms with E-state index in [-0.39, 0.29) is 5.75 Å². The Morgan fingerprint density at radius 2 is 1.58 bits per heavy atom. The first-order chi connectivity index (χ1) is 12.6. The standard InChI is InChI=1S/C20H26N2O3S/c1-25-20-10-6-18(7-11-20)16-26(23,24)21-13-12-17-4-8-19(9-5-17)22-14-2-3-15-22/h4-11,21H,2-3,12-16H2,1H3. The van der Waals surface area contributed by atoms with Crippen LogP contribution in [0.4, 0.5) is 5.69 Å². The second kappa shape index (κ2) is 8.56. The summed E-state index contributed by atoms with van der Waals surface area (Å²) in [5, 5.41) is 0. The van der Waals surface area contributed by atoms with Gasteiger partial charge in [0.2, 0.25) is 10.0 Å². The zero-order chi connectivity index (χ0) is 18.4. The summed E-state index contributed by atoms with van der Waals surface area (Å²) in [5.41, 5.74) is 3.14. The molecule has 5 nitrogen and oxygen atoms in total. The van der Waals surface area contributed by atoms with Gasteiger partial charge in [-0.1, -0.05) is 24.3 Å². The zero-order valence-corrected chi connectivity index (χ0v) is 16.0. The summed E-state index contributed by atoms with van der Waals surface area (Å²) in [6.07, 6.45) is 3.21. The van der Waals surface area contributed by atoms with E-state index in [0.717, 1.165) is 30.0 Å². The number of nitrogens with zero attached hydrogens (tertiary/aromatic N) is 1.